The fourth-order valence-corrected chi connectivity index (χ4v) is 2.69. The van der Waals surface area contributed by atoms with Crippen LogP contribution in [-0.2, 0) is 4.79 Å². The van der Waals surface area contributed by atoms with Crippen LogP contribution in [0.15, 0.2) is 54.6 Å². The molecule has 1 aromatic heterocycles. The van der Waals surface area contributed by atoms with Crippen LogP contribution in [0.3, 0.4) is 0 Å². The van der Waals surface area contributed by atoms with E-state index in [-0.39, 0.29) is 18.0 Å². The number of hydrogen-bond acceptors (Lipinski definition) is 7. The van der Waals surface area contributed by atoms with Crippen molar-refractivity contribution in [2.45, 2.75) is 13.3 Å². The molecule has 0 aliphatic heterocycles. The van der Waals surface area contributed by atoms with Gasteiger partial charge in [-0.1, -0.05) is 12.1 Å². The molecule has 0 radical (unpaired) electrons. The number of nitro benzene ring substituents is 1. The van der Waals surface area contributed by atoms with E-state index in [0.717, 1.165) is 11.4 Å². The minimum absolute atomic E-state index is 0.0147. The maximum atomic E-state index is 11.2. The number of amides is 1. The molecule has 1 amide bonds. The zero-order valence-corrected chi connectivity index (χ0v) is 16.6. The molecule has 1 heterocycles. The number of nitrogens with zero attached hydrogens (tertiary/aromatic N) is 3. The molecule has 0 bridgehead atoms. The summed E-state index contributed by atoms with van der Waals surface area (Å²) in [6.45, 7) is 2.13. The molecule has 0 atom stereocenters. The standard InChI is InChI=1S/C21H21N5O4/c1-14-12-19(25-21(23-14)15-4-3-5-17(13-15)26(28)29)24-16-6-8-18(9-7-16)30-11-10-20(27)22-2/h3-9,12-13H,10-11H2,1-2H3,(H,22,27)(H,23,24,25). The lowest BCUT2D eigenvalue weighted by molar-refractivity contribution is -0.384. The second-order valence-corrected chi connectivity index (χ2v) is 6.45. The summed E-state index contributed by atoms with van der Waals surface area (Å²) in [6.07, 6.45) is 0.289. The number of carbonyl (C=O) groups excluding carboxylic acids is 1. The van der Waals surface area contributed by atoms with Gasteiger partial charge < -0.3 is 15.4 Å². The van der Waals surface area contributed by atoms with Crippen LogP contribution in [-0.4, -0.2) is 34.5 Å². The van der Waals surface area contributed by atoms with Crippen molar-refractivity contribution in [1.82, 2.24) is 15.3 Å². The molecule has 0 fully saturated rings. The van der Waals surface area contributed by atoms with Gasteiger partial charge in [0.1, 0.15) is 11.6 Å². The fourth-order valence-electron chi connectivity index (χ4n) is 2.69. The third-order valence-corrected chi connectivity index (χ3v) is 4.17. The van der Waals surface area contributed by atoms with Gasteiger partial charge in [-0.3, -0.25) is 14.9 Å². The zero-order valence-electron chi connectivity index (χ0n) is 16.6. The van der Waals surface area contributed by atoms with Gasteiger partial charge in [0, 0.05) is 42.2 Å². The van der Waals surface area contributed by atoms with E-state index in [1.54, 1.807) is 37.4 Å². The van der Waals surface area contributed by atoms with Gasteiger partial charge in [-0.05, 0) is 31.2 Å². The van der Waals surface area contributed by atoms with Crippen LogP contribution in [0.4, 0.5) is 17.2 Å². The highest BCUT2D eigenvalue weighted by atomic mass is 16.6. The van der Waals surface area contributed by atoms with E-state index in [1.165, 1.54) is 12.1 Å². The molecule has 9 nitrogen and oxygen atoms in total. The summed E-state index contributed by atoms with van der Waals surface area (Å²) >= 11 is 0. The molecule has 9 heteroatoms. The lowest BCUT2D eigenvalue weighted by Crippen LogP contribution is -2.20. The molecule has 3 aromatic rings. The van der Waals surface area contributed by atoms with Gasteiger partial charge in [0.05, 0.1) is 18.0 Å². The molecule has 2 aromatic carbocycles. The minimum atomic E-state index is -0.448. The lowest BCUT2D eigenvalue weighted by Gasteiger charge is -2.10. The third kappa shape index (κ3) is 5.51. The van der Waals surface area contributed by atoms with E-state index in [4.69, 9.17) is 4.74 Å². The summed E-state index contributed by atoms with van der Waals surface area (Å²) in [7, 11) is 1.59. The van der Waals surface area contributed by atoms with Crippen LogP contribution >= 0.6 is 0 Å². The van der Waals surface area contributed by atoms with Crippen molar-refractivity contribution in [3.63, 3.8) is 0 Å². The maximum absolute atomic E-state index is 11.2. The number of nitrogens with one attached hydrogen (secondary N) is 2. The summed E-state index contributed by atoms with van der Waals surface area (Å²) in [6, 6.07) is 15.3. The van der Waals surface area contributed by atoms with Crippen molar-refractivity contribution >= 4 is 23.1 Å². The Kier molecular flexibility index (Phi) is 6.53. The highest BCUT2D eigenvalue weighted by Gasteiger charge is 2.11. The summed E-state index contributed by atoms with van der Waals surface area (Å²) in [5.74, 6) is 1.54. The van der Waals surface area contributed by atoms with Crippen molar-refractivity contribution in [2.75, 3.05) is 19.0 Å². The number of benzene rings is 2. The maximum Gasteiger partial charge on any atom is 0.270 e. The Balaban J connectivity index is 1.72. The minimum Gasteiger partial charge on any atom is -0.493 e. The van der Waals surface area contributed by atoms with Crippen LogP contribution in [0.2, 0.25) is 0 Å². The Labute approximate surface area is 173 Å². The fraction of sp³-hybridized carbons (Fsp3) is 0.190. The number of ether oxygens (including phenoxy) is 1. The molecule has 0 aliphatic carbocycles. The molecular weight excluding hydrogens is 386 g/mol. The predicted molar refractivity (Wildman–Crippen MR) is 113 cm³/mol. The number of aromatic nitrogens is 2. The number of rotatable bonds is 8. The van der Waals surface area contributed by atoms with E-state index in [0.29, 0.717) is 29.6 Å². The SMILES string of the molecule is CNC(=O)CCOc1ccc(Nc2cc(C)nc(-c3cccc([N+](=O)[O-])c3)n2)cc1. The van der Waals surface area contributed by atoms with E-state index < -0.39 is 4.92 Å². The first-order valence-corrected chi connectivity index (χ1v) is 9.25. The Bertz CT molecular complexity index is 1050. The number of nitro groups is 1. The topological polar surface area (TPSA) is 119 Å². The van der Waals surface area contributed by atoms with E-state index in [2.05, 4.69) is 20.6 Å². The van der Waals surface area contributed by atoms with Gasteiger partial charge in [0.25, 0.3) is 5.69 Å². The number of carbonyl (C=O) groups is 1. The summed E-state index contributed by atoms with van der Waals surface area (Å²) in [5, 5.41) is 16.8. The highest BCUT2D eigenvalue weighted by Crippen LogP contribution is 2.24. The van der Waals surface area contributed by atoms with Crippen LogP contribution in [0.25, 0.3) is 11.4 Å². The van der Waals surface area contributed by atoms with Crippen molar-refractivity contribution in [2.24, 2.45) is 0 Å². The van der Waals surface area contributed by atoms with Crippen LogP contribution in [0.1, 0.15) is 12.1 Å². The normalized spacial score (nSPS) is 10.3. The van der Waals surface area contributed by atoms with Crippen molar-refractivity contribution in [1.29, 1.82) is 0 Å². The first-order valence-electron chi connectivity index (χ1n) is 9.25. The first-order chi connectivity index (χ1) is 14.4. The van der Waals surface area contributed by atoms with Gasteiger partial charge >= 0.3 is 0 Å². The zero-order chi connectivity index (χ0) is 21.5. The summed E-state index contributed by atoms with van der Waals surface area (Å²) < 4.78 is 5.54. The molecular formula is C21H21N5O4. The monoisotopic (exact) mass is 407 g/mol. The predicted octanol–water partition coefficient (Wildman–Crippen LogP) is 3.62. The van der Waals surface area contributed by atoms with E-state index >= 15 is 0 Å². The molecule has 2 N–H and O–H groups in total. The Hall–Kier alpha value is -4.01. The quantitative estimate of drug-likeness (QED) is 0.432. The number of non-ortho nitro benzene ring substituents is 1. The molecule has 0 saturated carbocycles. The van der Waals surface area contributed by atoms with Gasteiger partial charge in [-0.2, -0.15) is 0 Å². The van der Waals surface area contributed by atoms with Gasteiger partial charge in [-0.15, -0.1) is 0 Å². The van der Waals surface area contributed by atoms with Crippen LogP contribution in [0.5, 0.6) is 5.75 Å². The summed E-state index contributed by atoms with van der Waals surface area (Å²) in [4.78, 5) is 30.7. The molecule has 154 valence electrons. The summed E-state index contributed by atoms with van der Waals surface area (Å²) in [5.41, 5.74) is 2.06. The molecule has 0 unspecified atom stereocenters. The molecule has 0 aliphatic rings. The van der Waals surface area contributed by atoms with E-state index in [9.17, 15) is 14.9 Å². The molecule has 3 rings (SSSR count). The molecule has 0 saturated heterocycles. The average molecular weight is 407 g/mol. The molecule has 30 heavy (non-hydrogen) atoms. The Morgan fingerprint density at radius 2 is 1.90 bits per heavy atom. The third-order valence-electron chi connectivity index (χ3n) is 4.17. The first kappa shape index (κ1) is 20.7. The van der Waals surface area contributed by atoms with Crippen molar-refractivity contribution in [3.05, 3.63) is 70.4 Å². The van der Waals surface area contributed by atoms with Crippen molar-refractivity contribution < 1.29 is 14.5 Å². The largest absolute Gasteiger partial charge is 0.493 e. The smallest absolute Gasteiger partial charge is 0.270 e. The van der Waals surface area contributed by atoms with Gasteiger partial charge in [0.2, 0.25) is 5.91 Å². The molecule has 0 spiro atoms. The average Bonchev–Trinajstić information content (AvgIpc) is 2.74. The number of hydrogen-bond donors (Lipinski definition) is 2. The second-order valence-electron chi connectivity index (χ2n) is 6.45. The Morgan fingerprint density at radius 1 is 1.13 bits per heavy atom. The van der Waals surface area contributed by atoms with Gasteiger partial charge in [0.15, 0.2) is 5.82 Å². The highest BCUT2D eigenvalue weighted by molar-refractivity contribution is 5.75. The van der Waals surface area contributed by atoms with Gasteiger partial charge in [-0.25, -0.2) is 9.97 Å². The van der Waals surface area contributed by atoms with Crippen molar-refractivity contribution in [3.8, 4) is 17.1 Å². The second kappa shape index (κ2) is 9.46. The van der Waals surface area contributed by atoms with Crippen LogP contribution < -0.4 is 15.4 Å². The van der Waals surface area contributed by atoms with E-state index in [1.807, 2.05) is 19.1 Å². The number of anilines is 2. The van der Waals surface area contributed by atoms with Crippen LogP contribution in [0, 0.1) is 17.0 Å². The Morgan fingerprint density at radius 3 is 2.60 bits per heavy atom. The number of aryl methyl sites for hydroxylation is 1. The lowest BCUT2D eigenvalue weighted by atomic mass is 10.2.